The van der Waals surface area contributed by atoms with E-state index >= 15 is 0 Å². The molecule has 0 heterocycles. The smallest absolute Gasteiger partial charge is 0.220 e. The maximum absolute atomic E-state index is 12.2. The fourth-order valence-electron chi connectivity index (χ4n) is 3.29. The first kappa shape index (κ1) is 21.1. The van der Waals surface area contributed by atoms with Crippen molar-refractivity contribution in [1.82, 2.24) is 5.32 Å². The highest BCUT2D eigenvalue weighted by Crippen LogP contribution is 2.27. The summed E-state index contributed by atoms with van der Waals surface area (Å²) in [5.41, 5.74) is 2.55. The van der Waals surface area contributed by atoms with Gasteiger partial charge in [-0.1, -0.05) is 76.6 Å². The molecule has 150 valence electrons. The molecule has 0 saturated heterocycles. The Morgan fingerprint density at radius 1 is 0.862 bits per heavy atom. The zero-order valence-electron chi connectivity index (χ0n) is 16.4. The molecule has 1 amide bonds. The van der Waals surface area contributed by atoms with Gasteiger partial charge in [0, 0.05) is 23.4 Å². The van der Waals surface area contributed by atoms with E-state index in [2.05, 4.69) is 69.8 Å². The summed E-state index contributed by atoms with van der Waals surface area (Å²) < 4.78 is 6.69. The molecule has 3 aromatic rings. The van der Waals surface area contributed by atoms with Crippen LogP contribution in [0.5, 0.6) is 5.75 Å². The molecule has 1 N–H and O–H groups in total. The van der Waals surface area contributed by atoms with Crippen LogP contribution in [0.15, 0.2) is 89.4 Å². The molecule has 3 rings (SSSR count). The molecular formula is C25H26BrNO2. The molecule has 3 nitrogen and oxygen atoms in total. The lowest BCUT2D eigenvalue weighted by Crippen LogP contribution is -2.26. The van der Waals surface area contributed by atoms with Crippen molar-refractivity contribution in [2.24, 2.45) is 0 Å². The number of benzene rings is 3. The van der Waals surface area contributed by atoms with Crippen LogP contribution in [-0.4, -0.2) is 19.1 Å². The van der Waals surface area contributed by atoms with Crippen molar-refractivity contribution < 1.29 is 9.53 Å². The van der Waals surface area contributed by atoms with Gasteiger partial charge in [0.2, 0.25) is 5.91 Å². The molecule has 0 aliphatic rings. The number of hydrogen-bond donors (Lipinski definition) is 1. The van der Waals surface area contributed by atoms with Crippen molar-refractivity contribution in [3.8, 4) is 5.75 Å². The number of nitrogens with one attached hydrogen (secondary N) is 1. The van der Waals surface area contributed by atoms with Crippen molar-refractivity contribution in [3.05, 3.63) is 101 Å². The second-order valence-electron chi connectivity index (χ2n) is 6.92. The van der Waals surface area contributed by atoms with Gasteiger partial charge < -0.3 is 10.1 Å². The molecule has 0 aliphatic heterocycles. The predicted molar refractivity (Wildman–Crippen MR) is 121 cm³/mol. The van der Waals surface area contributed by atoms with Crippen LogP contribution >= 0.6 is 15.9 Å². The lowest BCUT2D eigenvalue weighted by molar-refractivity contribution is -0.121. The molecule has 0 aromatic heterocycles. The Labute approximate surface area is 181 Å². The van der Waals surface area contributed by atoms with E-state index in [4.69, 9.17) is 4.74 Å². The fourth-order valence-corrected chi connectivity index (χ4v) is 3.56. The molecule has 29 heavy (non-hydrogen) atoms. The Hall–Kier alpha value is -2.59. The normalized spacial score (nSPS) is 10.7. The first-order chi connectivity index (χ1) is 14.2. The molecule has 0 radical (unpaired) electrons. The first-order valence-corrected chi connectivity index (χ1v) is 10.8. The number of carbonyl (C=O) groups is 1. The van der Waals surface area contributed by atoms with Gasteiger partial charge in [0.15, 0.2) is 0 Å². The van der Waals surface area contributed by atoms with E-state index in [0.29, 0.717) is 26.0 Å². The lowest BCUT2D eigenvalue weighted by atomic mass is 9.88. The van der Waals surface area contributed by atoms with Crippen LogP contribution in [0.2, 0.25) is 0 Å². The topological polar surface area (TPSA) is 38.3 Å². The summed E-state index contributed by atoms with van der Waals surface area (Å²) in [5, 5.41) is 3.06. The van der Waals surface area contributed by atoms with Crippen LogP contribution in [0, 0.1) is 0 Å². The first-order valence-electron chi connectivity index (χ1n) is 9.97. The third kappa shape index (κ3) is 7.06. The highest BCUT2D eigenvalue weighted by atomic mass is 79.9. The summed E-state index contributed by atoms with van der Waals surface area (Å²) in [4.78, 5) is 12.2. The van der Waals surface area contributed by atoms with E-state index in [-0.39, 0.29) is 11.8 Å². The molecule has 0 spiro atoms. The minimum Gasteiger partial charge on any atom is -0.494 e. The minimum atomic E-state index is 0.0734. The van der Waals surface area contributed by atoms with Crippen LogP contribution in [0.25, 0.3) is 0 Å². The minimum absolute atomic E-state index is 0.0734. The van der Waals surface area contributed by atoms with E-state index in [1.165, 1.54) is 11.1 Å². The molecule has 0 fully saturated rings. The van der Waals surface area contributed by atoms with Gasteiger partial charge in [0.25, 0.3) is 0 Å². The van der Waals surface area contributed by atoms with Gasteiger partial charge in [-0.05, 0) is 48.2 Å². The van der Waals surface area contributed by atoms with Gasteiger partial charge in [-0.15, -0.1) is 0 Å². The summed E-state index contributed by atoms with van der Waals surface area (Å²) in [5.74, 6) is 1.17. The van der Waals surface area contributed by atoms with Crippen molar-refractivity contribution in [2.45, 2.75) is 25.2 Å². The third-order valence-corrected chi connectivity index (χ3v) is 5.32. The Balaban J connectivity index is 1.42. The Bertz CT molecular complexity index is 827. The fraction of sp³-hybridized carbons (Fsp3) is 0.240. The van der Waals surface area contributed by atoms with E-state index < -0.39 is 0 Å². The number of ether oxygens (including phenoxy) is 1. The van der Waals surface area contributed by atoms with Crippen LogP contribution in [0.3, 0.4) is 0 Å². The van der Waals surface area contributed by atoms with Crippen LogP contribution in [-0.2, 0) is 4.79 Å². The van der Waals surface area contributed by atoms with Gasteiger partial charge in [0.05, 0.1) is 6.61 Å². The van der Waals surface area contributed by atoms with Crippen molar-refractivity contribution in [1.29, 1.82) is 0 Å². The summed E-state index contributed by atoms with van der Waals surface area (Å²) in [6.07, 6.45) is 2.04. The van der Waals surface area contributed by atoms with E-state index in [1.807, 2.05) is 36.4 Å². The van der Waals surface area contributed by atoms with Gasteiger partial charge in [0.1, 0.15) is 5.75 Å². The van der Waals surface area contributed by atoms with E-state index in [0.717, 1.165) is 16.6 Å². The van der Waals surface area contributed by atoms with Gasteiger partial charge >= 0.3 is 0 Å². The molecular weight excluding hydrogens is 426 g/mol. The van der Waals surface area contributed by atoms with E-state index in [9.17, 15) is 4.79 Å². The second-order valence-corrected chi connectivity index (χ2v) is 7.83. The van der Waals surface area contributed by atoms with Crippen molar-refractivity contribution >= 4 is 21.8 Å². The van der Waals surface area contributed by atoms with Crippen LogP contribution < -0.4 is 10.1 Å². The largest absolute Gasteiger partial charge is 0.494 e. The van der Waals surface area contributed by atoms with Gasteiger partial charge in [-0.25, -0.2) is 0 Å². The zero-order chi connectivity index (χ0) is 20.3. The molecule has 3 aromatic carbocycles. The number of rotatable bonds is 10. The molecule has 0 aliphatic carbocycles. The van der Waals surface area contributed by atoms with Gasteiger partial charge in [-0.2, -0.15) is 0 Å². The van der Waals surface area contributed by atoms with Crippen LogP contribution in [0.1, 0.15) is 36.3 Å². The second kappa shape index (κ2) is 11.4. The monoisotopic (exact) mass is 451 g/mol. The zero-order valence-corrected chi connectivity index (χ0v) is 18.0. The quantitative estimate of drug-likeness (QED) is 0.387. The van der Waals surface area contributed by atoms with Crippen LogP contribution in [0.4, 0.5) is 0 Å². The standard InChI is InChI=1S/C25H26BrNO2/c26-22-13-15-23(16-14-22)29-19-7-12-25(28)27-18-17-24(20-8-3-1-4-9-20)21-10-5-2-6-11-21/h1-6,8-11,13-16,24H,7,12,17-19H2,(H,27,28). The molecule has 0 bridgehead atoms. The van der Waals surface area contributed by atoms with Crippen molar-refractivity contribution in [2.75, 3.05) is 13.2 Å². The maximum Gasteiger partial charge on any atom is 0.220 e. The highest BCUT2D eigenvalue weighted by molar-refractivity contribution is 9.10. The molecule has 0 atom stereocenters. The number of halogens is 1. The molecule has 0 unspecified atom stereocenters. The maximum atomic E-state index is 12.2. The summed E-state index contributed by atoms with van der Waals surface area (Å²) in [6.45, 7) is 1.19. The SMILES string of the molecule is O=C(CCCOc1ccc(Br)cc1)NCCC(c1ccccc1)c1ccccc1. The summed E-state index contributed by atoms with van der Waals surface area (Å²) in [6, 6.07) is 28.6. The lowest BCUT2D eigenvalue weighted by Gasteiger charge is -2.18. The van der Waals surface area contributed by atoms with Gasteiger partial charge in [-0.3, -0.25) is 4.79 Å². The molecule has 4 heteroatoms. The Morgan fingerprint density at radius 3 is 2.03 bits per heavy atom. The summed E-state index contributed by atoms with van der Waals surface area (Å²) in [7, 11) is 0. The average molecular weight is 452 g/mol. The van der Waals surface area contributed by atoms with Crippen molar-refractivity contribution in [3.63, 3.8) is 0 Å². The van der Waals surface area contributed by atoms with E-state index in [1.54, 1.807) is 0 Å². The predicted octanol–water partition coefficient (Wildman–Crippen LogP) is 5.95. The average Bonchev–Trinajstić information content (AvgIpc) is 2.77. The Morgan fingerprint density at radius 2 is 1.45 bits per heavy atom. The number of hydrogen-bond acceptors (Lipinski definition) is 2. The number of amides is 1. The highest BCUT2D eigenvalue weighted by Gasteiger charge is 2.14. The summed E-state index contributed by atoms with van der Waals surface area (Å²) >= 11 is 3.40. The Kier molecular flexibility index (Phi) is 8.32. The number of carbonyl (C=O) groups excluding carboxylic acids is 1. The molecule has 0 saturated carbocycles. The third-order valence-electron chi connectivity index (χ3n) is 4.79.